The maximum absolute atomic E-state index is 13.3. The number of hydrogen-bond donors (Lipinski definition) is 8. The topological polar surface area (TPSA) is 249 Å². The second-order valence-electron chi connectivity index (χ2n) is 12.9. The number of aliphatic carboxylic acids is 1. The molecule has 1 aliphatic rings. The van der Waals surface area contributed by atoms with Crippen molar-refractivity contribution >= 4 is 41.4 Å². The number of aliphatic hydroxyl groups excluding tert-OH is 1. The summed E-state index contributed by atoms with van der Waals surface area (Å²) in [6, 6.07) is -5.46. The van der Waals surface area contributed by atoms with Gasteiger partial charge in [0.05, 0.1) is 19.7 Å². The summed E-state index contributed by atoms with van der Waals surface area (Å²) in [7, 11) is 0. The molecule has 0 unspecified atom stereocenters. The van der Waals surface area contributed by atoms with Gasteiger partial charge in [0.1, 0.15) is 30.2 Å². The number of carbonyl (C=O) groups is 7. The quantitative estimate of drug-likeness (QED) is 0.0776. The minimum absolute atomic E-state index is 0.00208. The van der Waals surface area contributed by atoms with Crippen LogP contribution in [0.4, 0.5) is 0 Å². The number of carboxylic acid groups (broad SMARTS) is 1. The van der Waals surface area contributed by atoms with Crippen molar-refractivity contribution in [1.82, 2.24) is 31.5 Å². The molecule has 0 aromatic carbocycles. The predicted octanol–water partition coefficient (Wildman–Crippen LogP) is -1.79. The molecule has 0 aliphatic carbocycles. The van der Waals surface area contributed by atoms with E-state index in [1.807, 2.05) is 41.5 Å². The van der Waals surface area contributed by atoms with Crippen LogP contribution in [-0.4, -0.2) is 113 Å². The van der Waals surface area contributed by atoms with Crippen LogP contribution in [0.1, 0.15) is 73.6 Å². The largest absolute Gasteiger partial charge is 0.480 e. The van der Waals surface area contributed by atoms with Crippen LogP contribution in [0.25, 0.3) is 0 Å². The Labute approximate surface area is 270 Å². The van der Waals surface area contributed by atoms with Crippen molar-refractivity contribution in [2.75, 3.05) is 26.2 Å². The molecule has 1 fully saturated rings. The van der Waals surface area contributed by atoms with Crippen molar-refractivity contribution in [1.29, 1.82) is 0 Å². The van der Waals surface area contributed by atoms with E-state index in [4.69, 9.17) is 5.73 Å². The first-order chi connectivity index (χ1) is 21.5. The van der Waals surface area contributed by atoms with Gasteiger partial charge < -0.3 is 47.4 Å². The number of amides is 6. The molecule has 6 amide bonds. The van der Waals surface area contributed by atoms with E-state index in [0.29, 0.717) is 19.3 Å². The van der Waals surface area contributed by atoms with Crippen molar-refractivity contribution in [3.63, 3.8) is 0 Å². The van der Waals surface area contributed by atoms with Gasteiger partial charge in [-0.1, -0.05) is 41.5 Å². The Morgan fingerprint density at radius 3 is 1.80 bits per heavy atom. The van der Waals surface area contributed by atoms with Crippen molar-refractivity contribution < 1.29 is 43.8 Å². The minimum atomic E-state index is -1.44. The third-order valence-corrected chi connectivity index (χ3v) is 7.28. The number of carboxylic acids is 1. The zero-order valence-corrected chi connectivity index (χ0v) is 27.8. The normalized spacial score (nSPS) is 17.2. The molecule has 9 N–H and O–H groups in total. The Bertz CT molecular complexity index is 1080. The molecule has 1 heterocycles. The third kappa shape index (κ3) is 13.7. The van der Waals surface area contributed by atoms with Gasteiger partial charge in [-0.25, -0.2) is 4.79 Å². The Kier molecular flexibility index (Phi) is 17.2. The van der Waals surface area contributed by atoms with Gasteiger partial charge in [-0.15, -0.1) is 0 Å². The predicted molar refractivity (Wildman–Crippen MR) is 168 cm³/mol. The molecule has 262 valence electrons. The van der Waals surface area contributed by atoms with Gasteiger partial charge in [0.2, 0.25) is 35.4 Å². The van der Waals surface area contributed by atoms with E-state index in [9.17, 15) is 43.8 Å². The minimum Gasteiger partial charge on any atom is -0.480 e. The smallest absolute Gasteiger partial charge is 0.326 e. The lowest BCUT2D eigenvalue weighted by Crippen LogP contribution is -2.58. The van der Waals surface area contributed by atoms with Gasteiger partial charge in [-0.2, -0.15) is 0 Å². The van der Waals surface area contributed by atoms with Gasteiger partial charge in [-0.05, 0) is 49.9 Å². The first-order valence-electron chi connectivity index (χ1n) is 15.8. The fourth-order valence-corrected chi connectivity index (χ4v) is 5.12. The van der Waals surface area contributed by atoms with Crippen molar-refractivity contribution in [3.8, 4) is 0 Å². The van der Waals surface area contributed by atoms with Crippen LogP contribution in [0.2, 0.25) is 0 Å². The van der Waals surface area contributed by atoms with E-state index >= 15 is 0 Å². The number of rotatable bonds is 19. The number of likely N-dealkylation sites (tertiary alicyclic amines) is 1. The fourth-order valence-electron chi connectivity index (χ4n) is 5.12. The van der Waals surface area contributed by atoms with Crippen LogP contribution >= 0.6 is 0 Å². The van der Waals surface area contributed by atoms with Crippen LogP contribution < -0.4 is 32.3 Å². The lowest BCUT2D eigenvalue weighted by Gasteiger charge is -2.30. The second-order valence-corrected chi connectivity index (χ2v) is 12.9. The number of aliphatic hydroxyl groups is 1. The van der Waals surface area contributed by atoms with Gasteiger partial charge in [0.15, 0.2) is 0 Å². The van der Waals surface area contributed by atoms with E-state index in [0.717, 1.165) is 0 Å². The van der Waals surface area contributed by atoms with E-state index in [1.54, 1.807) is 0 Å². The highest BCUT2D eigenvalue weighted by Gasteiger charge is 2.39. The number of nitrogens with one attached hydrogen (secondary N) is 5. The molecule has 1 rings (SSSR count). The number of nitrogens with zero attached hydrogens (tertiary/aromatic N) is 1. The first kappa shape index (κ1) is 40.2. The standard InChI is InChI=1S/C30H53N7O9/c1-16(2)10-19(27(42)35-21(30(45)46)12-18(5)6)33-25(40)14-32-26(41)22(15-38)36-28(43)23-8-7-9-37(23)29(44)20(11-17(3)4)34-24(39)13-31/h16-23,38H,7-15,31H2,1-6H3,(H,32,41)(H,33,40)(H,34,39)(H,35,42)(H,36,43)(H,45,46)/t19-,20-,21-,22-,23-/m0/s1. The summed E-state index contributed by atoms with van der Waals surface area (Å²) in [4.78, 5) is 89.7. The van der Waals surface area contributed by atoms with Crippen molar-refractivity contribution in [3.05, 3.63) is 0 Å². The molecule has 0 saturated carbocycles. The second kappa shape index (κ2) is 19.7. The lowest BCUT2D eigenvalue weighted by atomic mass is 10.0. The summed E-state index contributed by atoms with van der Waals surface area (Å²) in [5, 5.41) is 31.6. The lowest BCUT2D eigenvalue weighted by molar-refractivity contribution is -0.143. The third-order valence-electron chi connectivity index (χ3n) is 7.28. The molecule has 1 saturated heterocycles. The van der Waals surface area contributed by atoms with Crippen molar-refractivity contribution in [2.45, 2.75) is 104 Å². The van der Waals surface area contributed by atoms with Crippen molar-refractivity contribution in [2.24, 2.45) is 23.5 Å². The van der Waals surface area contributed by atoms with E-state index in [1.165, 1.54) is 4.90 Å². The molecule has 16 heteroatoms. The zero-order chi connectivity index (χ0) is 35.1. The SMILES string of the molecule is CC(C)C[C@H](NC(=O)[C@H](CC(C)C)NC(=O)CNC(=O)[C@H](CO)NC(=O)[C@@H]1CCCN1C(=O)[C@H](CC(C)C)NC(=O)CN)C(=O)O. The molecule has 0 radical (unpaired) electrons. The first-order valence-corrected chi connectivity index (χ1v) is 15.8. The Morgan fingerprint density at radius 2 is 1.28 bits per heavy atom. The van der Waals surface area contributed by atoms with Gasteiger partial charge in [-0.3, -0.25) is 28.8 Å². The molecular formula is C30H53N7O9. The van der Waals surface area contributed by atoms with E-state index in [-0.39, 0.29) is 43.7 Å². The summed E-state index contributed by atoms with van der Waals surface area (Å²) in [5.74, 6) is -5.09. The zero-order valence-electron chi connectivity index (χ0n) is 27.8. The maximum atomic E-state index is 13.3. The highest BCUT2D eigenvalue weighted by molar-refractivity contribution is 5.96. The van der Waals surface area contributed by atoms with E-state index in [2.05, 4.69) is 26.6 Å². The van der Waals surface area contributed by atoms with Crippen LogP contribution in [0.5, 0.6) is 0 Å². The summed E-state index contributed by atoms with van der Waals surface area (Å²) >= 11 is 0. The highest BCUT2D eigenvalue weighted by atomic mass is 16.4. The highest BCUT2D eigenvalue weighted by Crippen LogP contribution is 2.20. The maximum Gasteiger partial charge on any atom is 0.326 e. The Hall–Kier alpha value is -3.79. The summed E-state index contributed by atoms with van der Waals surface area (Å²) in [6.07, 6.45) is 1.55. The average Bonchev–Trinajstić information content (AvgIpc) is 3.46. The Morgan fingerprint density at radius 1 is 0.739 bits per heavy atom. The number of carbonyl (C=O) groups excluding carboxylic acids is 6. The monoisotopic (exact) mass is 655 g/mol. The van der Waals surface area contributed by atoms with Crippen LogP contribution in [0.15, 0.2) is 0 Å². The molecule has 5 atom stereocenters. The van der Waals surface area contributed by atoms with E-state index < -0.39 is 84.8 Å². The molecule has 16 nitrogen and oxygen atoms in total. The summed E-state index contributed by atoms with van der Waals surface area (Å²) in [5.41, 5.74) is 5.39. The van der Waals surface area contributed by atoms with Gasteiger partial charge >= 0.3 is 5.97 Å². The molecule has 1 aliphatic heterocycles. The van der Waals surface area contributed by atoms with Crippen LogP contribution in [-0.2, 0) is 33.6 Å². The molecular weight excluding hydrogens is 602 g/mol. The molecule has 0 aromatic rings. The summed E-state index contributed by atoms with van der Waals surface area (Å²) < 4.78 is 0. The molecule has 0 bridgehead atoms. The van der Waals surface area contributed by atoms with Crippen LogP contribution in [0, 0.1) is 17.8 Å². The molecule has 0 aromatic heterocycles. The molecule has 0 spiro atoms. The van der Waals surface area contributed by atoms with Gasteiger partial charge in [0, 0.05) is 6.54 Å². The number of nitrogens with two attached hydrogens (primary N) is 1. The van der Waals surface area contributed by atoms with Gasteiger partial charge in [0.25, 0.3) is 0 Å². The summed E-state index contributed by atoms with van der Waals surface area (Å²) in [6.45, 7) is 9.63. The number of hydrogen-bond acceptors (Lipinski definition) is 9. The van der Waals surface area contributed by atoms with Crippen LogP contribution in [0.3, 0.4) is 0 Å². The average molecular weight is 656 g/mol. The fraction of sp³-hybridized carbons (Fsp3) is 0.767. The molecule has 46 heavy (non-hydrogen) atoms. The Balaban J connectivity index is 2.85.